The normalized spacial score (nSPS) is 9.92. The van der Waals surface area contributed by atoms with Gasteiger partial charge < -0.3 is 0 Å². The Morgan fingerprint density at radius 1 is 0.165 bits per heavy atom. The Hall–Kier alpha value is -11.8. The summed E-state index contributed by atoms with van der Waals surface area (Å²) in [6.45, 7) is 14.5. The highest BCUT2D eigenvalue weighted by molar-refractivity contribution is 5.69. The second-order valence-electron chi connectivity index (χ2n) is 20.7. The first-order chi connectivity index (χ1) is 44.6. The van der Waals surface area contributed by atoms with Crippen LogP contribution >= 0.6 is 0 Å². The SMILES string of the molecule is Cc1ccncc1-c1ccccc1.Cc1ccncc1-c1ccccn1.Cc1ccncc1-c1cccnc1.Cc1ccncc1-c1ccncc1.Cc1cnccc1-c1ccccc1.Cc1cnccc1-c1ccccn1.Cc1cnccc1-c1cccnc1. The van der Waals surface area contributed by atoms with E-state index in [0.717, 1.165) is 44.8 Å². The summed E-state index contributed by atoms with van der Waals surface area (Å²) in [6.07, 6.45) is 40.2. The van der Waals surface area contributed by atoms with Crippen molar-refractivity contribution in [3.05, 3.63) is 351 Å². The van der Waals surface area contributed by atoms with Crippen molar-refractivity contribution >= 4 is 0 Å². The van der Waals surface area contributed by atoms with E-state index in [9.17, 15) is 0 Å². The van der Waals surface area contributed by atoms with Crippen molar-refractivity contribution in [3.63, 3.8) is 0 Å². The smallest absolute Gasteiger partial charge is 0.0720 e. The summed E-state index contributed by atoms with van der Waals surface area (Å²) in [5.41, 5.74) is 24.6. The maximum atomic E-state index is 4.28. The third-order valence-corrected chi connectivity index (χ3v) is 14.2. The first-order valence-electron chi connectivity index (χ1n) is 29.6. The van der Waals surface area contributed by atoms with Gasteiger partial charge >= 0.3 is 0 Å². The first kappa shape index (κ1) is 65.2. The monoisotopic (exact) mass is 1190 g/mol. The van der Waals surface area contributed by atoms with E-state index in [1.54, 1.807) is 68.2 Å². The van der Waals surface area contributed by atoms with Crippen LogP contribution in [0.1, 0.15) is 38.9 Å². The van der Waals surface area contributed by atoms with E-state index in [1.807, 2.05) is 209 Å². The molecule has 0 saturated carbocycles. The van der Waals surface area contributed by atoms with E-state index >= 15 is 0 Å². The van der Waals surface area contributed by atoms with Gasteiger partial charge in [-0.1, -0.05) is 84.9 Å². The minimum absolute atomic E-state index is 0.980. The molecule has 0 spiro atoms. The third kappa shape index (κ3) is 20.4. The molecular weight excluding hydrogens is 1120 g/mol. The number of hydrogen-bond donors (Lipinski definition) is 0. The fourth-order valence-electron chi connectivity index (χ4n) is 9.24. The quantitative estimate of drug-likeness (QED) is 0.149. The topological polar surface area (TPSA) is 155 Å². The van der Waals surface area contributed by atoms with Gasteiger partial charge in [-0.15, -0.1) is 0 Å². The Kier molecular flexibility index (Phi) is 25.6. The van der Waals surface area contributed by atoms with Crippen molar-refractivity contribution < 1.29 is 0 Å². The molecule has 0 aliphatic heterocycles. The van der Waals surface area contributed by atoms with Crippen molar-refractivity contribution in [3.8, 4) is 78.1 Å². The van der Waals surface area contributed by atoms with E-state index in [2.05, 4.69) is 144 Å². The minimum atomic E-state index is 0.980. The standard InChI is InChI=1S/2C12H11N.5C11H10N2/c1-10-9-13-8-7-12(10)11-5-3-2-4-6-11;1-10-7-8-13-9-12(10)11-5-3-2-4-6-11;1-9-2-5-13-8-11(9)10-3-6-12-7-4-10;1-9-7-13-6-4-11(9)10-3-2-5-12-8-10;1-9-4-6-13-8-11(9)10-3-2-5-12-7-10;1-9-8-12-7-5-10(9)11-4-2-3-6-13-11;1-9-5-7-12-8-10(9)11-4-2-3-6-13-11/h2*2-9H,1H3;5*2-8H,1H3. The Bertz CT molecular complexity index is 3560. The van der Waals surface area contributed by atoms with Crippen molar-refractivity contribution in [2.75, 3.05) is 0 Å². The van der Waals surface area contributed by atoms with Crippen molar-refractivity contribution in [2.45, 2.75) is 48.5 Å². The molecule has 91 heavy (non-hydrogen) atoms. The van der Waals surface area contributed by atoms with Gasteiger partial charge in [0.15, 0.2) is 0 Å². The average molecular weight is 1190 g/mol. The van der Waals surface area contributed by atoms with Gasteiger partial charge in [-0.2, -0.15) is 0 Å². The van der Waals surface area contributed by atoms with E-state index in [4.69, 9.17) is 0 Å². The lowest BCUT2D eigenvalue weighted by Crippen LogP contribution is -1.86. The lowest BCUT2D eigenvalue weighted by atomic mass is 10.0. The number of hydrogen-bond acceptors (Lipinski definition) is 12. The number of nitrogens with zero attached hydrogens (tertiary/aromatic N) is 12. The van der Waals surface area contributed by atoms with Crippen LogP contribution in [0.25, 0.3) is 78.1 Å². The van der Waals surface area contributed by atoms with Crippen molar-refractivity contribution in [1.29, 1.82) is 0 Å². The Morgan fingerprint density at radius 3 is 0.846 bits per heavy atom. The molecule has 0 bridgehead atoms. The zero-order valence-corrected chi connectivity index (χ0v) is 52.3. The predicted molar refractivity (Wildman–Crippen MR) is 370 cm³/mol. The number of aromatic nitrogens is 12. The second kappa shape index (κ2) is 35.8. The Morgan fingerprint density at radius 2 is 0.462 bits per heavy atom. The highest BCUT2D eigenvalue weighted by Gasteiger charge is 2.05. The molecule has 12 heteroatoms. The van der Waals surface area contributed by atoms with Crippen LogP contribution in [0.3, 0.4) is 0 Å². The molecule has 448 valence electrons. The summed E-state index contributed by atoms with van der Waals surface area (Å²) in [5, 5.41) is 0. The molecule has 0 radical (unpaired) electrons. The zero-order chi connectivity index (χ0) is 63.7. The summed E-state index contributed by atoms with van der Waals surface area (Å²) in [7, 11) is 0. The van der Waals surface area contributed by atoms with Crippen LogP contribution in [0.2, 0.25) is 0 Å². The summed E-state index contributed by atoms with van der Waals surface area (Å²) in [6, 6.07) is 58.5. The third-order valence-electron chi connectivity index (χ3n) is 14.2. The molecule has 0 N–H and O–H groups in total. The van der Waals surface area contributed by atoms with Gasteiger partial charge in [-0.05, 0) is 206 Å². The Labute approximate surface area is 534 Å². The molecule has 14 aromatic rings. The van der Waals surface area contributed by atoms with Gasteiger partial charge in [-0.25, -0.2) is 0 Å². The molecular formula is C79H72N12. The van der Waals surface area contributed by atoms with E-state index in [1.165, 1.54) is 72.3 Å². The molecule has 12 heterocycles. The first-order valence-corrected chi connectivity index (χ1v) is 29.6. The van der Waals surface area contributed by atoms with Crippen molar-refractivity contribution in [1.82, 2.24) is 59.8 Å². The molecule has 0 unspecified atom stereocenters. The van der Waals surface area contributed by atoms with E-state index in [0.29, 0.717) is 0 Å². The van der Waals surface area contributed by atoms with Gasteiger partial charge in [-0.3, -0.25) is 59.8 Å². The number of benzene rings is 2. The fourth-order valence-corrected chi connectivity index (χ4v) is 9.24. The number of aryl methyl sites for hydroxylation is 7. The molecule has 12 aromatic heterocycles. The predicted octanol–water partition coefficient (Wildman–Crippen LogP) is 18.4. The van der Waals surface area contributed by atoms with Crippen LogP contribution in [0, 0.1) is 48.5 Å². The van der Waals surface area contributed by atoms with Crippen LogP contribution < -0.4 is 0 Å². The van der Waals surface area contributed by atoms with Crippen LogP contribution in [0.5, 0.6) is 0 Å². The highest BCUT2D eigenvalue weighted by atomic mass is 14.7. The molecule has 12 nitrogen and oxygen atoms in total. The summed E-state index contributed by atoms with van der Waals surface area (Å²) in [5.74, 6) is 0. The second-order valence-corrected chi connectivity index (χ2v) is 20.7. The maximum absolute atomic E-state index is 4.28. The molecule has 0 aliphatic carbocycles. The zero-order valence-electron chi connectivity index (χ0n) is 52.3. The fraction of sp³-hybridized carbons (Fsp3) is 0.0886. The molecule has 0 fully saturated rings. The van der Waals surface area contributed by atoms with Crippen molar-refractivity contribution in [2.24, 2.45) is 0 Å². The largest absolute Gasteiger partial charge is 0.265 e. The number of rotatable bonds is 7. The molecule has 14 rings (SSSR count). The van der Waals surface area contributed by atoms with Crippen LogP contribution in [-0.2, 0) is 0 Å². The highest BCUT2D eigenvalue weighted by Crippen LogP contribution is 2.26. The number of pyridine rings is 12. The van der Waals surface area contributed by atoms with Gasteiger partial charge in [0.25, 0.3) is 0 Å². The Balaban J connectivity index is 0.000000137. The van der Waals surface area contributed by atoms with Gasteiger partial charge in [0.05, 0.1) is 11.4 Å². The van der Waals surface area contributed by atoms with Gasteiger partial charge in [0, 0.05) is 175 Å². The van der Waals surface area contributed by atoms with E-state index < -0.39 is 0 Å². The maximum Gasteiger partial charge on any atom is 0.0720 e. The van der Waals surface area contributed by atoms with Crippen LogP contribution in [-0.4, -0.2) is 59.8 Å². The van der Waals surface area contributed by atoms with Gasteiger partial charge in [0.1, 0.15) is 0 Å². The lowest BCUT2D eigenvalue weighted by Gasteiger charge is -2.03. The van der Waals surface area contributed by atoms with E-state index in [-0.39, 0.29) is 0 Å². The minimum Gasteiger partial charge on any atom is -0.265 e. The van der Waals surface area contributed by atoms with Gasteiger partial charge in [0.2, 0.25) is 0 Å². The lowest BCUT2D eigenvalue weighted by molar-refractivity contribution is 1.24. The summed E-state index contributed by atoms with van der Waals surface area (Å²) in [4.78, 5) is 49.3. The summed E-state index contributed by atoms with van der Waals surface area (Å²) < 4.78 is 0. The molecule has 0 saturated heterocycles. The molecule has 0 amide bonds. The average Bonchev–Trinajstić information content (AvgIpc) is 3.44. The van der Waals surface area contributed by atoms with Crippen LogP contribution in [0.4, 0.5) is 0 Å². The molecule has 2 aromatic carbocycles. The summed E-state index contributed by atoms with van der Waals surface area (Å²) >= 11 is 0. The molecule has 0 aliphatic rings. The molecule has 0 atom stereocenters. The van der Waals surface area contributed by atoms with Crippen LogP contribution in [0.15, 0.2) is 312 Å².